The Hall–Kier alpha value is -2.74. The molecule has 0 radical (unpaired) electrons. The van der Waals surface area contributed by atoms with Gasteiger partial charge in [0, 0.05) is 17.8 Å². The molecule has 0 unspecified atom stereocenters. The zero-order valence-corrected chi connectivity index (χ0v) is 33.2. The van der Waals surface area contributed by atoms with Gasteiger partial charge >= 0.3 is 11.9 Å². The van der Waals surface area contributed by atoms with Crippen LogP contribution in [0.1, 0.15) is 37.0 Å². The lowest BCUT2D eigenvalue weighted by Crippen LogP contribution is -2.16. The van der Waals surface area contributed by atoms with Crippen LogP contribution in [-0.2, 0) is 66.4 Å². The average Bonchev–Trinajstić information content (AvgIpc) is 3.19. The van der Waals surface area contributed by atoms with E-state index in [1.807, 2.05) is 12.1 Å². The van der Waals surface area contributed by atoms with Crippen molar-refractivity contribution in [1.82, 2.24) is 0 Å². The van der Waals surface area contributed by atoms with Crippen molar-refractivity contribution in [3.05, 3.63) is 42.0 Å². The second kappa shape index (κ2) is 39.5. The van der Waals surface area contributed by atoms with Crippen molar-refractivity contribution in [1.29, 1.82) is 0 Å². The third kappa shape index (κ3) is 34.3. The van der Waals surface area contributed by atoms with Crippen LogP contribution in [0.4, 0.5) is 5.69 Å². The molecule has 318 valence electrons. The highest BCUT2D eigenvalue weighted by molar-refractivity contribution is 5.89. The minimum absolute atomic E-state index is 0.184. The van der Waals surface area contributed by atoms with E-state index in [0.29, 0.717) is 156 Å². The number of unbranched alkanes of at least 4 members (excludes halogenated alkanes) is 1. The van der Waals surface area contributed by atoms with Crippen molar-refractivity contribution in [3.8, 4) is 0 Å². The van der Waals surface area contributed by atoms with Crippen LogP contribution in [0, 0.1) is 0 Å². The number of ether oxygens (including phenoxy) is 13. The zero-order chi connectivity index (χ0) is 39.7. The van der Waals surface area contributed by atoms with E-state index in [9.17, 15) is 9.59 Å². The van der Waals surface area contributed by atoms with E-state index in [1.54, 1.807) is 19.1 Å². The van der Waals surface area contributed by atoms with Gasteiger partial charge in [0.15, 0.2) is 0 Å². The van der Waals surface area contributed by atoms with E-state index < -0.39 is 5.97 Å². The summed E-state index contributed by atoms with van der Waals surface area (Å²) < 4.78 is 70.1. The quantitative estimate of drug-likeness (QED) is 0.0582. The Balaban J connectivity index is 1.68. The molecule has 0 fully saturated rings. The van der Waals surface area contributed by atoms with Gasteiger partial charge in [0.25, 0.3) is 0 Å². The van der Waals surface area contributed by atoms with Gasteiger partial charge in [-0.1, -0.05) is 19.9 Å². The van der Waals surface area contributed by atoms with E-state index in [1.165, 1.54) is 0 Å². The second-order valence-electron chi connectivity index (χ2n) is 11.6. The number of hydrogen-bond acceptors (Lipinski definition) is 16. The third-order valence-electron chi connectivity index (χ3n) is 6.97. The van der Waals surface area contributed by atoms with Crippen LogP contribution in [0.15, 0.2) is 36.4 Å². The molecule has 0 saturated carbocycles. The molecule has 1 aromatic carbocycles. The highest BCUT2D eigenvalue weighted by Gasteiger charge is 2.07. The summed E-state index contributed by atoms with van der Waals surface area (Å²) in [5.41, 5.74) is 1.87. The van der Waals surface area contributed by atoms with Crippen LogP contribution in [0.3, 0.4) is 0 Å². The SMILES string of the molecule is C=C(C)C(=O)OCCOCCOCCOCCOCCOCCOCCOCCOCCOCCOCCOCCOC(=O)c1ccc(NCCCC)cc1. The first-order chi connectivity index (χ1) is 27.0. The molecule has 1 rings (SSSR count). The van der Waals surface area contributed by atoms with Crippen LogP contribution in [0.5, 0.6) is 0 Å². The number of esters is 2. The van der Waals surface area contributed by atoms with Gasteiger partial charge in [0.2, 0.25) is 0 Å². The van der Waals surface area contributed by atoms with Crippen molar-refractivity contribution in [3.63, 3.8) is 0 Å². The summed E-state index contributed by atoms with van der Waals surface area (Å²) in [5, 5.41) is 3.32. The lowest BCUT2D eigenvalue weighted by atomic mass is 10.2. The van der Waals surface area contributed by atoms with Gasteiger partial charge in [-0.15, -0.1) is 0 Å². The molecule has 0 amide bonds. The first kappa shape index (κ1) is 50.3. The van der Waals surface area contributed by atoms with Crippen molar-refractivity contribution in [2.75, 3.05) is 170 Å². The fraction of sp³-hybridized carbons (Fsp3) is 0.744. The Morgan fingerprint density at radius 1 is 0.473 bits per heavy atom. The van der Waals surface area contributed by atoms with Crippen LogP contribution in [0.25, 0.3) is 0 Å². The van der Waals surface area contributed by atoms with E-state index in [0.717, 1.165) is 25.1 Å². The molecule has 0 bridgehead atoms. The van der Waals surface area contributed by atoms with Crippen molar-refractivity contribution < 1.29 is 71.2 Å². The molecule has 1 N–H and O–H groups in total. The maximum absolute atomic E-state index is 12.1. The fourth-order valence-corrected chi connectivity index (χ4v) is 4.03. The van der Waals surface area contributed by atoms with Crippen molar-refractivity contribution in [2.45, 2.75) is 26.7 Å². The Labute approximate surface area is 327 Å². The predicted molar refractivity (Wildman–Crippen MR) is 205 cm³/mol. The predicted octanol–water partition coefficient (Wildman–Crippen LogP) is 3.36. The summed E-state index contributed by atoms with van der Waals surface area (Å²) in [6.45, 7) is 18.4. The Bertz CT molecular complexity index is 1030. The monoisotopic (exact) mass is 789 g/mol. The van der Waals surface area contributed by atoms with E-state index >= 15 is 0 Å². The highest BCUT2D eigenvalue weighted by atomic mass is 16.6. The van der Waals surface area contributed by atoms with Crippen LogP contribution >= 0.6 is 0 Å². The number of nitrogens with one attached hydrogen (secondary N) is 1. The van der Waals surface area contributed by atoms with Gasteiger partial charge in [-0.05, 0) is 37.6 Å². The molecule has 0 aliphatic heterocycles. The molecule has 0 saturated heterocycles. The summed E-state index contributed by atoms with van der Waals surface area (Å²) in [6, 6.07) is 7.28. The molecule has 0 heterocycles. The van der Waals surface area contributed by atoms with Crippen molar-refractivity contribution >= 4 is 17.6 Å². The minimum Gasteiger partial charge on any atom is -0.460 e. The van der Waals surface area contributed by atoms with Gasteiger partial charge in [-0.2, -0.15) is 0 Å². The van der Waals surface area contributed by atoms with Gasteiger partial charge in [-0.25, -0.2) is 9.59 Å². The molecule has 0 atom stereocenters. The van der Waals surface area contributed by atoms with E-state index in [4.69, 9.17) is 61.6 Å². The highest BCUT2D eigenvalue weighted by Crippen LogP contribution is 2.11. The van der Waals surface area contributed by atoms with Gasteiger partial charge in [0.1, 0.15) is 13.2 Å². The van der Waals surface area contributed by atoms with E-state index in [2.05, 4.69) is 18.8 Å². The second-order valence-corrected chi connectivity index (χ2v) is 11.6. The molecule has 0 aromatic heterocycles. The smallest absolute Gasteiger partial charge is 0.338 e. The molecule has 16 nitrogen and oxygen atoms in total. The Morgan fingerprint density at radius 3 is 1.05 bits per heavy atom. The largest absolute Gasteiger partial charge is 0.460 e. The minimum atomic E-state index is -0.417. The summed E-state index contributed by atoms with van der Waals surface area (Å²) in [4.78, 5) is 23.3. The molecule has 0 aliphatic carbocycles. The Kier molecular flexibility index (Phi) is 36.1. The molecule has 1 aromatic rings. The molecular weight excluding hydrogens is 722 g/mol. The first-order valence-electron chi connectivity index (χ1n) is 19.2. The number of rotatable bonds is 42. The van der Waals surface area contributed by atoms with Gasteiger partial charge in [-0.3, -0.25) is 0 Å². The van der Waals surface area contributed by atoms with Crippen LogP contribution < -0.4 is 5.32 Å². The summed E-state index contributed by atoms with van der Waals surface area (Å²) in [7, 11) is 0. The molecule has 0 aliphatic rings. The Morgan fingerprint density at radius 2 is 0.764 bits per heavy atom. The normalized spacial score (nSPS) is 11.2. The molecular formula is C39H67NO15. The maximum Gasteiger partial charge on any atom is 0.338 e. The number of hydrogen-bond donors (Lipinski definition) is 1. The fourth-order valence-electron chi connectivity index (χ4n) is 4.03. The molecule has 55 heavy (non-hydrogen) atoms. The lowest BCUT2D eigenvalue weighted by molar-refractivity contribution is -0.140. The van der Waals surface area contributed by atoms with Gasteiger partial charge in [0.05, 0.1) is 151 Å². The zero-order valence-electron chi connectivity index (χ0n) is 33.2. The number of anilines is 1. The first-order valence-corrected chi connectivity index (χ1v) is 19.2. The third-order valence-corrected chi connectivity index (χ3v) is 6.97. The molecule has 0 spiro atoms. The summed E-state index contributed by atoms with van der Waals surface area (Å²) in [6.07, 6.45) is 2.24. The number of carbonyl (C=O) groups excluding carboxylic acids is 2. The standard InChI is InChI=1S/C39H67NO15/c1-4-5-10-40-37-8-6-36(7-9-37)39(42)55-34-32-53-30-28-51-26-24-49-22-20-47-18-16-45-14-12-43-11-13-44-15-17-46-19-21-48-23-25-50-27-29-52-31-33-54-38(41)35(2)3/h6-9,40H,2,4-5,10-34H2,1,3H3. The average molecular weight is 790 g/mol. The van der Waals surface area contributed by atoms with Crippen LogP contribution in [0.2, 0.25) is 0 Å². The maximum atomic E-state index is 12.1. The topological polar surface area (TPSA) is 166 Å². The number of benzene rings is 1. The van der Waals surface area contributed by atoms with E-state index in [-0.39, 0.29) is 19.2 Å². The van der Waals surface area contributed by atoms with Crippen molar-refractivity contribution in [2.24, 2.45) is 0 Å². The summed E-state index contributed by atoms with van der Waals surface area (Å²) >= 11 is 0. The summed E-state index contributed by atoms with van der Waals surface area (Å²) in [5.74, 6) is -0.783. The molecule has 16 heteroatoms. The van der Waals surface area contributed by atoms with Crippen LogP contribution in [-0.4, -0.2) is 177 Å². The lowest BCUT2D eigenvalue weighted by Gasteiger charge is -2.09. The number of carbonyl (C=O) groups is 2. The van der Waals surface area contributed by atoms with Gasteiger partial charge < -0.3 is 66.9 Å².